The van der Waals surface area contributed by atoms with Crippen molar-refractivity contribution in [2.24, 2.45) is 0 Å². The average Bonchev–Trinajstić information content (AvgIpc) is 3.03. The molecule has 2 N–H and O–H groups in total. The van der Waals surface area contributed by atoms with Crippen molar-refractivity contribution in [3.8, 4) is 17.2 Å². The third kappa shape index (κ3) is 5.37. The molecule has 0 aliphatic carbocycles. The van der Waals surface area contributed by atoms with Crippen LogP contribution < -0.4 is 14.8 Å². The van der Waals surface area contributed by atoms with Crippen LogP contribution in [0.25, 0.3) is 6.08 Å². The maximum absolute atomic E-state index is 12.6. The van der Waals surface area contributed by atoms with Gasteiger partial charge < -0.3 is 19.9 Å². The van der Waals surface area contributed by atoms with Crippen LogP contribution in [0.1, 0.15) is 18.1 Å². The van der Waals surface area contributed by atoms with E-state index in [4.69, 9.17) is 9.47 Å². The molecule has 8 nitrogen and oxygen atoms in total. The van der Waals surface area contributed by atoms with Crippen molar-refractivity contribution in [1.82, 2.24) is 10.2 Å². The highest BCUT2D eigenvalue weighted by molar-refractivity contribution is 8.18. The number of methoxy groups -OCH3 is 1. The van der Waals surface area contributed by atoms with Gasteiger partial charge in [-0.25, -0.2) is 0 Å². The third-order valence-corrected chi connectivity index (χ3v) is 5.35. The Labute approximate surface area is 183 Å². The summed E-state index contributed by atoms with van der Waals surface area (Å²) in [5.41, 5.74) is 1.20. The van der Waals surface area contributed by atoms with Crippen molar-refractivity contribution in [2.45, 2.75) is 13.5 Å². The van der Waals surface area contributed by atoms with Crippen LogP contribution in [0.2, 0.25) is 0 Å². The van der Waals surface area contributed by atoms with Gasteiger partial charge in [-0.3, -0.25) is 19.3 Å². The van der Waals surface area contributed by atoms with Crippen molar-refractivity contribution in [3.05, 3.63) is 58.5 Å². The molecule has 3 rings (SSSR count). The molecule has 1 aliphatic heterocycles. The number of carbonyl (C=O) groups excluding carboxylic acids is 3. The smallest absolute Gasteiger partial charge is 0.294 e. The minimum Gasteiger partial charge on any atom is -0.504 e. The van der Waals surface area contributed by atoms with Gasteiger partial charge in [0.05, 0.1) is 18.6 Å². The Kier molecular flexibility index (Phi) is 7.19. The summed E-state index contributed by atoms with van der Waals surface area (Å²) in [5, 5.41) is 12.4. The molecule has 31 heavy (non-hydrogen) atoms. The van der Waals surface area contributed by atoms with Gasteiger partial charge in [-0.1, -0.05) is 24.3 Å². The van der Waals surface area contributed by atoms with E-state index in [9.17, 15) is 19.5 Å². The third-order valence-electron chi connectivity index (χ3n) is 4.44. The highest BCUT2D eigenvalue weighted by Crippen LogP contribution is 2.36. The second-order valence-electron chi connectivity index (χ2n) is 6.52. The summed E-state index contributed by atoms with van der Waals surface area (Å²) in [5.74, 6) is -0.171. The molecule has 1 aliphatic rings. The van der Waals surface area contributed by atoms with E-state index in [0.29, 0.717) is 17.9 Å². The number of hydrogen-bond acceptors (Lipinski definition) is 7. The Bertz CT molecular complexity index is 1020. The van der Waals surface area contributed by atoms with Crippen molar-refractivity contribution < 1.29 is 29.0 Å². The Hall–Kier alpha value is -3.46. The summed E-state index contributed by atoms with van der Waals surface area (Å²) in [6.07, 6.45) is 1.41. The lowest BCUT2D eigenvalue weighted by molar-refractivity contribution is -0.129. The molecule has 2 aromatic carbocycles. The van der Waals surface area contributed by atoms with E-state index in [1.807, 2.05) is 12.1 Å². The molecule has 0 unspecified atom stereocenters. The van der Waals surface area contributed by atoms with E-state index in [1.165, 1.54) is 6.08 Å². The monoisotopic (exact) mass is 442 g/mol. The predicted molar refractivity (Wildman–Crippen MR) is 117 cm³/mol. The Balaban J connectivity index is 1.64. The largest absolute Gasteiger partial charge is 0.504 e. The maximum atomic E-state index is 12.6. The van der Waals surface area contributed by atoms with Crippen LogP contribution in [0.3, 0.4) is 0 Å². The molecule has 1 saturated heterocycles. The number of thioether (sulfide) groups is 1. The molecule has 3 amide bonds. The van der Waals surface area contributed by atoms with Gasteiger partial charge in [0.15, 0.2) is 11.5 Å². The lowest BCUT2D eigenvalue weighted by Crippen LogP contribution is -2.39. The first-order valence-electron chi connectivity index (χ1n) is 9.52. The summed E-state index contributed by atoms with van der Waals surface area (Å²) in [6.45, 7) is 2.03. The summed E-state index contributed by atoms with van der Waals surface area (Å²) >= 11 is 0.718. The SMILES string of the molecule is CCOc1cccc(/C=C2\SC(=O)N(CC(=O)NCc3ccc(OC)cc3)C2=O)c1O. The number of carbonyl (C=O) groups is 3. The van der Waals surface area contributed by atoms with Crippen LogP contribution in [-0.4, -0.2) is 47.3 Å². The molecule has 0 aromatic heterocycles. The molecule has 0 saturated carbocycles. The van der Waals surface area contributed by atoms with Gasteiger partial charge in [-0.05, 0) is 48.5 Å². The van der Waals surface area contributed by atoms with Gasteiger partial charge in [-0.2, -0.15) is 0 Å². The van der Waals surface area contributed by atoms with Crippen molar-refractivity contribution >= 4 is 34.9 Å². The van der Waals surface area contributed by atoms with Crippen LogP contribution in [-0.2, 0) is 16.1 Å². The molecule has 162 valence electrons. The standard InChI is InChI=1S/C22H22N2O6S/c1-3-30-17-6-4-5-15(20(17)26)11-18-21(27)24(22(28)31-18)13-19(25)23-12-14-7-9-16(29-2)10-8-14/h4-11,26H,3,12-13H2,1-2H3,(H,23,25)/b18-11-. The van der Waals surface area contributed by atoms with E-state index in [1.54, 1.807) is 44.4 Å². The fraction of sp³-hybridized carbons (Fsp3) is 0.227. The minimum absolute atomic E-state index is 0.117. The molecule has 0 spiro atoms. The van der Waals surface area contributed by atoms with Crippen molar-refractivity contribution in [2.75, 3.05) is 20.3 Å². The second kappa shape index (κ2) is 10.0. The fourth-order valence-corrected chi connectivity index (χ4v) is 3.68. The van der Waals surface area contributed by atoms with Crippen molar-refractivity contribution in [3.63, 3.8) is 0 Å². The number of nitrogens with zero attached hydrogens (tertiary/aromatic N) is 1. The Morgan fingerprint density at radius 1 is 1.19 bits per heavy atom. The fourth-order valence-electron chi connectivity index (χ4n) is 2.85. The number of phenolic OH excluding ortho intramolecular Hbond substituents is 1. The van der Waals surface area contributed by atoms with Crippen LogP contribution in [0.4, 0.5) is 4.79 Å². The first-order chi connectivity index (χ1) is 14.9. The molecule has 0 atom stereocenters. The summed E-state index contributed by atoms with van der Waals surface area (Å²) in [6, 6.07) is 12.1. The first kappa shape index (κ1) is 22.2. The zero-order valence-corrected chi connectivity index (χ0v) is 17.9. The number of hydrogen-bond donors (Lipinski definition) is 2. The Morgan fingerprint density at radius 2 is 1.94 bits per heavy atom. The zero-order chi connectivity index (χ0) is 22.4. The number of para-hydroxylation sites is 1. The van der Waals surface area contributed by atoms with Gasteiger partial charge in [-0.15, -0.1) is 0 Å². The number of amides is 3. The predicted octanol–water partition coefficient (Wildman–Crippen LogP) is 3.15. The van der Waals surface area contributed by atoms with Crippen molar-refractivity contribution in [1.29, 1.82) is 0 Å². The number of rotatable bonds is 8. The van der Waals surface area contributed by atoms with Crippen LogP contribution >= 0.6 is 11.8 Å². The number of ether oxygens (including phenoxy) is 2. The van der Waals surface area contributed by atoms with E-state index in [0.717, 1.165) is 22.2 Å². The highest BCUT2D eigenvalue weighted by atomic mass is 32.2. The lowest BCUT2D eigenvalue weighted by Gasteiger charge is -2.12. The second-order valence-corrected chi connectivity index (χ2v) is 7.51. The number of aromatic hydroxyl groups is 1. The molecule has 0 radical (unpaired) electrons. The summed E-state index contributed by atoms with van der Waals surface area (Å²) < 4.78 is 10.4. The number of nitrogens with one attached hydrogen (secondary N) is 1. The van der Waals surface area contributed by atoms with Crippen LogP contribution in [0.5, 0.6) is 17.2 Å². The normalized spacial score (nSPS) is 14.8. The Morgan fingerprint density at radius 3 is 2.61 bits per heavy atom. The molecular weight excluding hydrogens is 420 g/mol. The van der Waals surface area contributed by atoms with E-state index < -0.39 is 17.1 Å². The molecule has 9 heteroatoms. The lowest BCUT2D eigenvalue weighted by atomic mass is 10.1. The first-order valence-corrected chi connectivity index (χ1v) is 10.3. The molecular formula is C22H22N2O6S. The average molecular weight is 442 g/mol. The van der Waals surface area contributed by atoms with Gasteiger partial charge >= 0.3 is 0 Å². The van der Waals surface area contributed by atoms with E-state index in [-0.39, 0.29) is 29.5 Å². The summed E-state index contributed by atoms with van der Waals surface area (Å²) in [4.78, 5) is 38.2. The van der Waals surface area contributed by atoms with E-state index >= 15 is 0 Å². The van der Waals surface area contributed by atoms with Gasteiger partial charge in [0, 0.05) is 12.1 Å². The highest BCUT2D eigenvalue weighted by Gasteiger charge is 2.36. The number of phenols is 1. The van der Waals surface area contributed by atoms with Crippen LogP contribution in [0, 0.1) is 0 Å². The number of benzene rings is 2. The van der Waals surface area contributed by atoms with Crippen LogP contribution in [0.15, 0.2) is 47.4 Å². The minimum atomic E-state index is -0.587. The quantitative estimate of drug-likeness (QED) is 0.605. The van der Waals surface area contributed by atoms with Gasteiger partial charge in [0.1, 0.15) is 12.3 Å². The topological polar surface area (TPSA) is 105 Å². The molecule has 1 heterocycles. The summed E-state index contributed by atoms with van der Waals surface area (Å²) in [7, 11) is 1.57. The zero-order valence-electron chi connectivity index (χ0n) is 17.1. The van der Waals surface area contributed by atoms with Gasteiger partial charge in [0.25, 0.3) is 11.1 Å². The molecule has 0 bridgehead atoms. The van der Waals surface area contributed by atoms with Gasteiger partial charge in [0.2, 0.25) is 5.91 Å². The van der Waals surface area contributed by atoms with E-state index in [2.05, 4.69) is 5.32 Å². The maximum Gasteiger partial charge on any atom is 0.294 e. The number of imide groups is 1. The molecule has 1 fully saturated rings. The molecule has 2 aromatic rings.